The van der Waals surface area contributed by atoms with Gasteiger partial charge in [0.1, 0.15) is 17.4 Å². The third-order valence-electron chi connectivity index (χ3n) is 4.08. The monoisotopic (exact) mass is 288 g/mol. The maximum Gasteiger partial charge on any atom is 0.231 e. The molecule has 0 aromatic heterocycles. The molecule has 21 heavy (non-hydrogen) atoms. The third-order valence-corrected chi connectivity index (χ3v) is 4.08. The Labute approximate surface area is 124 Å². The molecule has 1 saturated carbocycles. The molecule has 1 aromatic carbocycles. The summed E-state index contributed by atoms with van der Waals surface area (Å²) >= 11 is 0. The van der Waals surface area contributed by atoms with Crippen molar-refractivity contribution in [2.75, 3.05) is 13.3 Å². The summed E-state index contributed by atoms with van der Waals surface area (Å²) in [4.78, 5) is 0. The molecule has 1 N–H and O–H groups in total. The third kappa shape index (κ3) is 2.91. The summed E-state index contributed by atoms with van der Waals surface area (Å²) in [6, 6.07) is 8.06. The molecule has 5 nitrogen and oxygen atoms in total. The average molecular weight is 288 g/mol. The topological polar surface area (TPSA) is 63.5 Å². The Morgan fingerprint density at radius 3 is 3.10 bits per heavy atom. The van der Waals surface area contributed by atoms with Crippen molar-refractivity contribution >= 4 is 0 Å². The van der Waals surface area contributed by atoms with Gasteiger partial charge in [0.15, 0.2) is 11.5 Å². The van der Waals surface area contributed by atoms with Crippen molar-refractivity contribution < 1.29 is 14.2 Å². The Hall–Kier alpha value is -1.93. The number of ether oxygens (including phenoxy) is 3. The van der Waals surface area contributed by atoms with Gasteiger partial charge < -0.3 is 14.2 Å². The predicted octanol–water partition coefficient (Wildman–Crippen LogP) is 2.61. The number of nitrogens with one attached hydrogen (secondary N) is 1. The van der Waals surface area contributed by atoms with Crippen LogP contribution in [0.15, 0.2) is 18.2 Å². The summed E-state index contributed by atoms with van der Waals surface area (Å²) in [6.07, 6.45) is 3.63. The molecule has 3 rings (SSSR count). The van der Waals surface area contributed by atoms with Crippen LogP contribution in [0.3, 0.4) is 0 Å². The van der Waals surface area contributed by atoms with Gasteiger partial charge in [-0.1, -0.05) is 6.92 Å². The number of nitrogens with zero attached hydrogens (tertiary/aromatic N) is 1. The van der Waals surface area contributed by atoms with Gasteiger partial charge in [-0.2, -0.15) is 5.26 Å². The van der Waals surface area contributed by atoms with Gasteiger partial charge in [-0.05, 0) is 37.9 Å². The van der Waals surface area contributed by atoms with Crippen LogP contribution in [0.4, 0.5) is 0 Å². The van der Waals surface area contributed by atoms with Crippen LogP contribution in [0, 0.1) is 11.3 Å². The first-order valence-electron chi connectivity index (χ1n) is 7.47. The Kier molecular flexibility index (Phi) is 3.89. The molecule has 0 spiro atoms. The van der Waals surface area contributed by atoms with E-state index >= 15 is 0 Å². The SMILES string of the molecule is CCNC1(C#N)CCCC(Oc2ccc3c(c2)OCO3)C1. The number of rotatable bonds is 4. The van der Waals surface area contributed by atoms with Crippen molar-refractivity contribution in [2.24, 2.45) is 0 Å². The number of fused-ring (bicyclic) bond motifs is 1. The first-order chi connectivity index (χ1) is 10.2. The molecule has 0 amide bonds. The Bertz CT molecular complexity index is 551. The van der Waals surface area contributed by atoms with Gasteiger partial charge in [0.25, 0.3) is 0 Å². The van der Waals surface area contributed by atoms with Crippen LogP contribution < -0.4 is 19.5 Å². The summed E-state index contributed by atoms with van der Waals surface area (Å²) in [7, 11) is 0. The molecule has 5 heteroatoms. The first-order valence-corrected chi connectivity index (χ1v) is 7.47. The second-order valence-corrected chi connectivity index (χ2v) is 5.58. The van der Waals surface area contributed by atoms with Crippen molar-refractivity contribution in [1.82, 2.24) is 5.32 Å². The maximum absolute atomic E-state index is 9.48. The van der Waals surface area contributed by atoms with Gasteiger partial charge in [0.2, 0.25) is 6.79 Å². The molecule has 0 saturated heterocycles. The fourth-order valence-electron chi connectivity index (χ4n) is 3.11. The van der Waals surface area contributed by atoms with Crippen molar-refractivity contribution in [3.05, 3.63) is 18.2 Å². The molecule has 1 fully saturated rings. The van der Waals surface area contributed by atoms with Crippen LogP contribution in [-0.4, -0.2) is 25.0 Å². The van der Waals surface area contributed by atoms with E-state index in [2.05, 4.69) is 11.4 Å². The first kappa shape index (κ1) is 14.0. The van der Waals surface area contributed by atoms with Gasteiger partial charge in [-0.3, -0.25) is 5.32 Å². The van der Waals surface area contributed by atoms with Crippen LogP contribution in [0.25, 0.3) is 0 Å². The maximum atomic E-state index is 9.48. The summed E-state index contributed by atoms with van der Waals surface area (Å²) in [5, 5.41) is 12.8. The van der Waals surface area contributed by atoms with Crippen molar-refractivity contribution in [3.8, 4) is 23.3 Å². The number of nitriles is 1. The molecule has 0 bridgehead atoms. The zero-order chi connectivity index (χ0) is 14.7. The lowest BCUT2D eigenvalue weighted by Gasteiger charge is -2.36. The van der Waals surface area contributed by atoms with Crippen molar-refractivity contribution in [1.29, 1.82) is 5.26 Å². The van der Waals surface area contributed by atoms with Gasteiger partial charge in [-0.25, -0.2) is 0 Å². The molecular formula is C16H20N2O3. The largest absolute Gasteiger partial charge is 0.490 e. The summed E-state index contributed by atoms with van der Waals surface area (Å²) in [5.74, 6) is 2.25. The molecule has 112 valence electrons. The second-order valence-electron chi connectivity index (χ2n) is 5.58. The zero-order valence-electron chi connectivity index (χ0n) is 12.2. The van der Waals surface area contributed by atoms with E-state index in [-0.39, 0.29) is 12.9 Å². The molecule has 1 aliphatic heterocycles. The van der Waals surface area contributed by atoms with E-state index in [1.54, 1.807) is 0 Å². The molecular weight excluding hydrogens is 268 g/mol. The minimum Gasteiger partial charge on any atom is -0.490 e. The lowest BCUT2D eigenvalue weighted by molar-refractivity contribution is 0.113. The highest BCUT2D eigenvalue weighted by atomic mass is 16.7. The lowest BCUT2D eigenvalue weighted by atomic mass is 9.81. The number of hydrogen-bond acceptors (Lipinski definition) is 5. The van der Waals surface area contributed by atoms with Crippen molar-refractivity contribution in [2.45, 2.75) is 44.2 Å². The number of benzene rings is 1. The van der Waals surface area contributed by atoms with Gasteiger partial charge in [0.05, 0.1) is 6.07 Å². The predicted molar refractivity (Wildman–Crippen MR) is 77.5 cm³/mol. The Morgan fingerprint density at radius 1 is 1.43 bits per heavy atom. The van der Waals surface area contributed by atoms with E-state index in [9.17, 15) is 5.26 Å². The van der Waals surface area contributed by atoms with Crippen LogP contribution >= 0.6 is 0 Å². The van der Waals surface area contributed by atoms with Gasteiger partial charge >= 0.3 is 0 Å². The van der Waals surface area contributed by atoms with Gasteiger partial charge in [-0.15, -0.1) is 0 Å². The standard InChI is InChI=1S/C16H20N2O3/c1-2-18-16(10-17)7-3-4-13(9-16)21-12-5-6-14-15(8-12)20-11-19-14/h5-6,8,13,18H,2-4,7,9,11H2,1H3. The molecule has 2 aliphatic rings. The van der Waals surface area contributed by atoms with E-state index in [4.69, 9.17) is 14.2 Å². The fraction of sp³-hybridized carbons (Fsp3) is 0.562. The average Bonchev–Trinajstić information content (AvgIpc) is 2.95. The van der Waals surface area contributed by atoms with Crippen molar-refractivity contribution in [3.63, 3.8) is 0 Å². The van der Waals surface area contributed by atoms with Crippen LogP contribution in [0.2, 0.25) is 0 Å². The van der Waals surface area contributed by atoms with E-state index in [0.29, 0.717) is 6.42 Å². The lowest BCUT2D eigenvalue weighted by Crippen LogP contribution is -2.49. The quantitative estimate of drug-likeness (QED) is 0.922. The smallest absolute Gasteiger partial charge is 0.231 e. The highest BCUT2D eigenvalue weighted by Gasteiger charge is 2.37. The summed E-state index contributed by atoms with van der Waals surface area (Å²) in [5.41, 5.74) is -0.450. The van der Waals surface area contributed by atoms with E-state index in [0.717, 1.165) is 43.1 Å². The Balaban J connectivity index is 1.69. The zero-order valence-corrected chi connectivity index (χ0v) is 12.2. The Morgan fingerprint density at radius 2 is 2.29 bits per heavy atom. The summed E-state index contributed by atoms with van der Waals surface area (Å²) < 4.78 is 16.7. The van der Waals surface area contributed by atoms with Crippen LogP contribution in [0.5, 0.6) is 17.2 Å². The molecule has 2 unspecified atom stereocenters. The van der Waals surface area contributed by atoms with E-state index in [1.165, 1.54) is 0 Å². The highest BCUT2D eigenvalue weighted by Crippen LogP contribution is 2.37. The second kappa shape index (κ2) is 5.82. The summed E-state index contributed by atoms with van der Waals surface area (Å²) in [6.45, 7) is 3.09. The number of hydrogen-bond donors (Lipinski definition) is 1. The molecule has 2 atom stereocenters. The minimum absolute atomic E-state index is 0.0535. The van der Waals surface area contributed by atoms with Gasteiger partial charge in [0, 0.05) is 12.5 Å². The minimum atomic E-state index is -0.450. The van der Waals surface area contributed by atoms with E-state index < -0.39 is 5.54 Å². The van der Waals surface area contributed by atoms with Crippen LogP contribution in [0.1, 0.15) is 32.6 Å². The highest BCUT2D eigenvalue weighted by molar-refractivity contribution is 5.46. The van der Waals surface area contributed by atoms with Crippen LogP contribution in [-0.2, 0) is 0 Å². The molecule has 1 aromatic rings. The normalized spacial score (nSPS) is 27.1. The molecule has 0 radical (unpaired) electrons. The molecule has 1 aliphatic carbocycles. The fourth-order valence-corrected chi connectivity index (χ4v) is 3.11. The van der Waals surface area contributed by atoms with E-state index in [1.807, 2.05) is 25.1 Å². The molecule has 1 heterocycles.